The summed E-state index contributed by atoms with van der Waals surface area (Å²) in [6.45, 7) is 7.73. The molecule has 0 aromatic carbocycles. The molecule has 0 aliphatic heterocycles. The van der Waals surface area contributed by atoms with E-state index in [2.05, 4.69) is 35.8 Å². The summed E-state index contributed by atoms with van der Waals surface area (Å²) in [6.07, 6.45) is 2.43. The first kappa shape index (κ1) is 30.3. The average Bonchev–Trinajstić information content (AvgIpc) is 2.25. The molecule has 6 heteroatoms. The van der Waals surface area contributed by atoms with E-state index >= 15 is 0 Å². The lowest BCUT2D eigenvalue weighted by atomic mass is 10.4. The second-order valence-electron chi connectivity index (χ2n) is 2.96. The number of hydrogen-bond donors (Lipinski definition) is 5. The van der Waals surface area contributed by atoms with Crippen LogP contribution in [0.25, 0.3) is 0 Å². The third kappa shape index (κ3) is 38.6. The minimum absolute atomic E-state index is 0. The van der Waals surface area contributed by atoms with E-state index in [-0.39, 0.29) is 20.3 Å². The smallest absolute Gasteiger partial charge is 0.00767 e. The zero-order chi connectivity index (χ0) is 11.1. The van der Waals surface area contributed by atoms with Crippen LogP contribution in [-0.2, 0) is 0 Å². The summed E-state index contributed by atoms with van der Waals surface area (Å²) < 4.78 is 6.69. The highest BCUT2D eigenvalue weighted by atomic mass is 32.1. The fourth-order valence-electron chi connectivity index (χ4n) is 0.994. The monoisotopic (exact) mass is 273 g/mol. The Morgan fingerprint density at radius 1 is 0.882 bits per heavy atom. The molecule has 0 saturated carbocycles. The molecule has 0 atom stereocenters. The molecule has 5 nitrogen and oxygen atoms in total. The maximum Gasteiger partial charge on any atom is 0.00767 e. The maximum atomic E-state index is 6.69. The number of nitrogens with one attached hydrogen (secondary N) is 3. The van der Waals surface area contributed by atoms with Crippen LogP contribution in [0.5, 0.6) is 0 Å². The summed E-state index contributed by atoms with van der Waals surface area (Å²) in [6, 6.07) is 0. The van der Waals surface area contributed by atoms with Crippen molar-refractivity contribution < 1.29 is 10.0 Å². The SMILES string of the molecule is C.C.CCCNCCNCCCNC.O.OS. The predicted molar refractivity (Wildman–Crippen MR) is 83.3 cm³/mol. The van der Waals surface area contributed by atoms with Crippen LogP contribution >= 0.6 is 12.9 Å². The molecule has 0 heterocycles. The molecule has 0 aliphatic carbocycles. The number of thiol groups is 1. The van der Waals surface area contributed by atoms with Gasteiger partial charge in [-0.05, 0) is 52.4 Å². The fourth-order valence-corrected chi connectivity index (χ4v) is 0.994. The van der Waals surface area contributed by atoms with Gasteiger partial charge < -0.3 is 26.0 Å². The topological polar surface area (TPSA) is 87.8 Å². The highest BCUT2D eigenvalue weighted by Crippen LogP contribution is 1.71. The van der Waals surface area contributed by atoms with Gasteiger partial charge in [-0.2, -0.15) is 0 Å². The van der Waals surface area contributed by atoms with Crippen molar-refractivity contribution in [3.05, 3.63) is 0 Å². The Bertz CT molecular complexity index is 81.1. The van der Waals surface area contributed by atoms with Crippen LogP contribution in [0.2, 0.25) is 0 Å². The van der Waals surface area contributed by atoms with Gasteiger partial charge in [0, 0.05) is 13.1 Å². The molecular formula is C11H35N3O2S. The van der Waals surface area contributed by atoms with Crippen molar-refractivity contribution in [1.29, 1.82) is 0 Å². The lowest BCUT2D eigenvalue weighted by molar-refractivity contribution is 0.585. The Hall–Kier alpha value is 0.150. The van der Waals surface area contributed by atoms with Gasteiger partial charge in [0.05, 0.1) is 0 Å². The number of rotatable bonds is 9. The molecule has 6 N–H and O–H groups in total. The van der Waals surface area contributed by atoms with E-state index in [0.717, 1.165) is 32.7 Å². The molecule has 0 aromatic heterocycles. The molecule has 0 radical (unpaired) electrons. The second kappa shape index (κ2) is 36.0. The van der Waals surface area contributed by atoms with Gasteiger partial charge in [0.1, 0.15) is 0 Å². The molecule has 0 spiro atoms. The molecule has 0 fully saturated rings. The fraction of sp³-hybridized carbons (Fsp3) is 1.00. The van der Waals surface area contributed by atoms with Gasteiger partial charge in [-0.15, -0.1) is 0 Å². The first-order valence-electron chi connectivity index (χ1n) is 5.17. The molecule has 0 aromatic rings. The minimum atomic E-state index is 0. The van der Waals surface area contributed by atoms with E-state index in [4.69, 9.17) is 4.55 Å². The Balaban J connectivity index is -0.0000000907. The van der Waals surface area contributed by atoms with E-state index in [0.29, 0.717) is 0 Å². The molecule has 0 unspecified atom stereocenters. The second-order valence-corrected chi connectivity index (χ2v) is 2.96. The standard InChI is InChI=1S/C9H23N3.2CH4.H2OS.H2O/c1-3-5-11-8-9-12-7-4-6-10-2;;;1-2;/h10-12H,3-9H2,1-2H3;2*1H4;1-2H;1H2. The summed E-state index contributed by atoms with van der Waals surface area (Å²) in [5.74, 6) is 0. The van der Waals surface area contributed by atoms with Crippen LogP contribution in [0.1, 0.15) is 34.6 Å². The van der Waals surface area contributed by atoms with Crippen molar-refractivity contribution in [1.82, 2.24) is 16.0 Å². The summed E-state index contributed by atoms with van der Waals surface area (Å²) in [5.41, 5.74) is 0. The van der Waals surface area contributed by atoms with Crippen LogP contribution in [0.4, 0.5) is 0 Å². The molecule has 0 bridgehead atoms. The van der Waals surface area contributed by atoms with E-state index in [9.17, 15) is 0 Å². The Morgan fingerprint density at radius 2 is 1.35 bits per heavy atom. The van der Waals surface area contributed by atoms with Gasteiger partial charge in [0.25, 0.3) is 0 Å². The molecular weight excluding hydrogens is 238 g/mol. The highest BCUT2D eigenvalue weighted by Gasteiger charge is 1.86. The highest BCUT2D eigenvalue weighted by molar-refractivity contribution is 7.74. The van der Waals surface area contributed by atoms with E-state index < -0.39 is 0 Å². The summed E-state index contributed by atoms with van der Waals surface area (Å²) in [5, 5.41) is 9.85. The van der Waals surface area contributed by atoms with Gasteiger partial charge in [-0.3, -0.25) is 0 Å². The zero-order valence-corrected chi connectivity index (χ0v) is 10.7. The van der Waals surface area contributed by atoms with E-state index in [1.54, 1.807) is 0 Å². The van der Waals surface area contributed by atoms with Crippen LogP contribution in [0.3, 0.4) is 0 Å². The van der Waals surface area contributed by atoms with Gasteiger partial charge in [-0.1, -0.05) is 21.8 Å². The normalized spacial score (nSPS) is 7.76. The van der Waals surface area contributed by atoms with Crippen molar-refractivity contribution >= 4 is 12.9 Å². The largest absolute Gasteiger partial charge is 0.412 e. The van der Waals surface area contributed by atoms with Gasteiger partial charge in [0.15, 0.2) is 0 Å². The Morgan fingerprint density at radius 3 is 1.76 bits per heavy atom. The summed E-state index contributed by atoms with van der Waals surface area (Å²) >= 11 is 2.53. The maximum absolute atomic E-state index is 6.69. The van der Waals surface area contributed by atoms with Crippen molar-refractivity contribution in [2.24, 2.45) is 0 Å². The molecule has 112 valence electrons. The van der Waals surface area contributed by atoms with Gasteiger partial charge in [0.2, 0.25) is 0 Å². The Kier molecular flexibility index (Phi) is 64.1. The van der Waals surface area contributed by atoms with Crippen molar-refractivity contribution in [3.8, 4) is 0 Å². The van der Waals surface area contributed by atoms with Crippen molar-refractivity contribution in [3.63, 3.8) is 0 Å². The minimum Gasteiger partial charge on any atom is -0.412 e. The predicted octanol–water partition coefficient (Wildman–Crippen LogP) is 1.02. The van der Waals surface area contributed by atoms with Crippen LogP contribution in [0.15, 0.2) is 0 Å². The van der Waals surface area contributed by atoms with Gasteiger partial charge >= 0.3 is 0 Å². The average molecular weight is 273 g/mol. The Labute approximate surface area is 114 Å². The van der Waals surface area contributed by atoms with Crippen LogP contribution in [-0.4, -0.2) is 49.8 Å². The molecule has 17 heavy (non-hydrogen) atoms. The zero-order valence-electron chi connectivity index (χ0n) is 9.84. The molecule has 0 amide bonds. The quantitative estimate of drug-likeness (QED) is 0.247. The molecule has 0 rings (SSSR count). The summed E-state index contributed by atoms with van der Waals surface area (Å²) in [4.78, 5) is 0. The van der Waals surface area contributed by atoms with E-state index in [1.807, 2.05) is 7.05 Å². The van der Waals surface area contributed by atoms with Crippen LogP contribution < -0.4 is 16.0 Å². The summed E-state index contributed by atoms with van der Waals surface area (Å²) in [7, 11) is 1.99. The molecule has 0 saturated heterocycles. The van der Waals surface area contributed by atoms with Crippen molar-refractivity contribution in [2.75, 3.05) is 39.8 Å². The molecule has 0 aliphatic rings. The first-order valence-corrected chi connectivity index (χ1v) is 5.57. The third-order valence-corrected chi connectivity index (χ3v) is 1.69. The van der Waals surface area contributed by atoms with Crippen LogP contribution in [0, 0.1) is 0 Å². The lowest BCUT2D eigenvalue weighted by Crippen LogP contribution is -2.29. The first-order chi connectivity index (χ1) is 6.91. The van der Waals surface area contributed by atoms with Gasteiger partial charge in [-0.25, -0.2) is 0 Å². The number of hydrogen-bond acceptors (Lipinski definition) is 5. The third-order valence-electron chi connectivity index (χ3n) is 1.69. The van der Waals surface area contributed by atoms with Crippen molar-refractivity contribution in [2.45, 2.75) is 34.6 Å². The lowest BCUT2D eigenvalue weighted by Gasteiger charge is -2.04. The van der Waals surface area contributed by atoms with E-state index in [1.165, 1.54) is 12.8 Å².